The van der Waals surface area contributed by atoms with Crippen LogP contribution in [0, 0.1) is 0 Å². The first-order chi connectivity index (χ1) is 12.7. The minimum Gasteiger partial charge on any atom is -0.383 e. The van der Waals surface area contributed by atoms with Crippen molar-refractivity contribution in [1.82, 2.24) is 29.9 Å². The molecule has 2 aromatic carbocycles. The van der Waals surface area contributed by atoms with Crippen LogP contribution in [0.5, 0.6) is 0 Å². The summed E-state index contributed by atoms with van der Waals surface area (Å²) in [5.41, 5.74) is 10.2. The van der Waals surface area contributed by atoms with Crippen molar-refractivity contribution >= 4 is 43.8 Å². The molecular formula is C18H12BrN7. The maximum absolute atomic E-state index is 6.13. The van der Waals surface area contributed by atoms with Crippen molar-refractivity contribution < 1.29 is 0 Å². The zero-order valence-electron chi connectivity index (χ0n) is 13.4. The fraction of sp³-hybridized carbons (Fsp3) is 0. The second kappa shape index (κ2) is 5.63. The summed E-state index contributed by atoms with van der Waals surface area (Å²) < 4.78 is 2.50. The van der Waals surface area contributed by atoms with Crippen LogP contribution >= 0.6 is 15.9 Å². The highest BCUT2D eigenvalue weighted by atomic mass is 79.9. The molecule has 0 spiro atoms. The Bertz CT molecular complexity index is 1250. The van der Waals surface area contributed by atoms with Crippen molar-refractivity contribution in [3.63, 3.8) is 0 Å². The van der Waals surface area contributed by atoms with E-state index in [4.69, 9.17) is 5.73 Å². The molecule has 5 aromatic rings. The molecule has 0 fully saturated rings. The second-order valence-electron chi connectivity index (χ2n) is 5.85. The third-order valence-electron chi connectivity index (χ3n) is 4.18. The molecule has 8 heteroatoms. The van der Waals surface area contributed by atoms with E-state index in [1.54, 1.807) is 6.07 Å². The Hall–Kier alpha value is -3.26. The van der Waals surface area contributed by atoms with Gasteiger partial charge in [0, 0.05) is 27.0 Å². The molecule has 5 rings (SSSR count). The number of para-hydroxylation sites is 1. The molecule has 0 atom stereocenters. The summed E-state index contributed by atoms with van der Waals surface area (Å²) in [5.74, 6) is 0.769. The van der Waals surface area contributed by atoms with Crippen LogP contribution in [-0.4, -0.2) is 29.9 Å². The smallest absolute Gasteiger partial charge is 0.274 e. The van der Waals surface area contributed by atoms with E-state index in [2.05, 4.69) is 41.2 Å². The van der Waals surface area contributed by atoms with Crippen molar-refractivity contribution in [2.45, 2.75) is 0 Å². The van der Waals surface area contributed by atoms with Crippen LogP contribution < -0.4 is 5.73 Å². The number of rotatable bonds is 2. The lowest BCUT2D eigenvalue weighted by Gasteiger charge is -2.00. The van der Waals surface area contributed by atoms with Gasteiger partial charge in [0.2, 0.25) is 0 Å². The SMILES string of the molecule is Nc1cc(-c2ccc(Br)cc2)nn1-c1nnc2c(n1)[nH]c1ccccc12. The number of fused-ring (bicyclic) bond motifs is 3. The molecule has 3 aromatic heterocycles. The highest BCUT2D eigenvalue weighted by molar-refractivity contribution is 9.10. The Kier molecular flexibility index (Phi) is 3.26. The first-order valence-electron chi connectivity index (χ1n) is 7.92. The first-order valence-corrected chi connectivity index (χ1v) is 8.71. The molecule has 26 heavy (non-hydrogen) atoms. The Morgan fingerprint density at radius 1 is 1.00 bits per heavy atom. The van der Waals surface area contributed by atoms with E-state index in [1.165, 1.54) is 4.68 Å². The lowest BCUT2D eigenvalue weighted by molar-refractivity contribution is 0.797. The largest absolute Gasteiger partial charge is 0.383 e. The molecule has 0 bridgehead atoms. The Labute approximate surface area is 156 Å². The van der Waals surface area contributed by atoms with Crippen molar-refractivity contribution in [2.75, 3.05) is 5.73 Å². The zero-order valence-corrected chi connectivity index (χ0v) is 15.0. The average molecular weight is 406 g/mol. The predicted molar refractivity (Wildman–Crippen MR) is 104 cm³/mol. The van der Waals surface area contributed by atoms with Crippen LogP contribution in [0.4, 0.5) is 5.82 Å². The van der Waals surface area contributed by atoms with Crippen LogP contribution in [-0.2, 0) is 0 Å². The number of anilines is 1. The van der Waals surface area contributed by atoms with E-state index in [0.29, 0.717) is 17.4 Å². The van der Waals surface area contributed by atoms with E-state index >= 15 is 0 Å². The Morgan fingerprint density at radius 3 is 2.65 bits per heavy atom. The summed E-state index contributed by atoms with van der Waals surface area (Å²) >= 11 is 3.43. The van der Waals surface area contributed by atoms with Gasteiger partial charge in [-0.25, -0.2) is 0 Å². The summed E-state index contributed by atoms with van der Waals surface area (Å²) in [4.78, 5) is 7.80. The third kappa shape index (κ3) is 2.34. The number of hydrogen-bond acceptors (Lipinski definition) is 5. The monoisotopic (exact) mass is 405 g/mol. The Balaban J connectivity index is 1.63. The summed E-state index contributed by atoms with van der Waals surface area (Å²) in [6.45, 7) is 0. The molecule has 3 heterocycles. The van der Waals surface area contributed by atoms with E-state index in [1.807, 2.05) is 48.5 Å². The van der Waals surface area contributed by atoms with Crippen molar-refractivity contribution in [2.24, 2.45) is 0 Å². The van der Waals surface area contributed by atoms with Crippen molar-refractivity contribution in [3.8, 4) is 17.2 Å². The molecule has 0 saturated carbocycles. The standard InChI is InChI=1S/C18H12BrN7/c19-11-7-5-10(6-8-11)14-9-15(20)26(25-14)18-22-17-16(23-24-18)12-3-1-2-4-13(12)21-17/h1-9H,20H2,(H,21,22,24). The number of halogens is 1. The molecule has 0 amide bonds. The number of benzene rings is 2. The van der Waals surface area contributed by atoms with Gasteiger partial charge in [0.25, 0.3) is 5.95 Å². The van der Waals surface area contributed by atoms with Crippen LogP contribution in [0.15, 0.2) is 59.1 Å². The predicted octanol–water partition coefficient (Wildman–Crippen LogP) is 3.70. The molecule has 0 aliphatic rings. The summed E-state index contributed by atoms with van der Waals surface area (Å²) in [6.07, 6.45) is 0. The van der Waals surface area contributed by atoms with Crippen LogP contribution in [0.1, 0.15) is 0 Å². The number of hydrogen-bond donors (Lipinski definition) is 2. The summed E-state index contributed by atoms with van der Waals surface area (Å²) in [5, 5.41) is 14.0. The number of nitrogen functional groups attached to an aromatic ring is 1. The molecule has 7 nitrogen and oxygen atoms in total. The van der Waals surface area contributed by atoms with Crippen molar-refractivity contribution in [1.29, 1.82) is 0 Å². The molecule has 126 valence electrons. The van der Waals surface area contributed by atoms with E-state index in [9.17, 15) is 0 Å². The molecule has 0 saturated heterocycles. The summed E-state index contributed by atoms with van der Waals surface area (Å²) in [7, 11) is 0. The minimum absolute atomic E-state index is 0.324. The van der Waals surface area contributed by atoms with Crippen LogP contribution in [0.3, 0.4) is 0 Å². The highest BCUT2D eigenvalue weighted by Gasteiger charge is 2.14. The zero-order chi connectivity index (χ0) is 17.7. The number of aromatic amines is 1. The van der Waals surface area contributed by atoms with E-state index < -0.39 is 0 Å². The average Bonchev–Trinajstić information content (AvgIpc) is 3.22. The van der Waals surface area contributed by atoms with Gasteiger partial charge < -0.3 is 10.7 Å². The Morgan fingerprint density at radius 2 is 1.81 bits per heavy atom. The minimum atomic E-state index is 0.324. The van der Waals surface area contributed by atoms with Gasteiger partial charge in [-0.15, -0.1) is 10.2 Å². The molecule has 3 N–H and O–H groups in total. The highest BCUT2D eigenvalue weighted by Crippen LogP contribution is 2.25. The number of H-pyrrole nitrogens is 1. The second-order valence-corrected chi connectivity index (χ2v) is 6.77. The van der Waals surface area contributed by atoms with Gasteiger partial charge in [0.15, 0.2) is 5.65 Å². The van der Waals surface area contributed by atoms with Gasteiger partial charge in [-0.05, 0) is 18.2 Å². The van der Waals surface area contributed by atoms with Gasteiger partial charge in [-0.3, -0.25) is 0 Å². The van der Waals surface area contributed by atoms with Crippen LogP contribution in [0.25, 0.3) is 39.3 Å². The molecule has 0 aliphatic heterocycles. The molecule has 0 radical (unpaired) electrons. The van der Waals surface area contributed by atoms with Gasteiger partial charge in [-0.2, -0.15) is 14.8 Å². The van der Waals surface area contributed by atoms with E-state index in [-0.39, 0.29) is 0 Å². The van der Waals surface area contributed by atoms with Gasteiger partial charge in [-0.1, -0.05) is 46.3 Å². The number of aromatic nitrogens is 6. The summed E-state index contributed by atoms with van der Waals surface area (Å²) in [6, 6.07) is 17.5. The number of nitrogens with zero attached hydrogens (tertiary/aromatic N) is 5. The maximum atomic E-state index is 6.13. The van der Waals surface area contributed by atoms with Gasteiger partial charge in [0.1, 0.15) is 11.3 Å². The number of nitrogens with one attached hydrogen (secondary N) is 1. The third-order valence-corrected chi connectivity index (χ3v) is 4.71. The normalized spacial score (nSPS) is 11.4. The quantitative estimate of drug-likeness (QED) is 0.466. The first kappa shape index (κ1) is 15.0. The fourth-order valence-electron chi connectivity index (χ4n) is 2.92. The fourth-order valence-corrected chi connectivity index (χ4v) is 3.18. The van der Waals surface area contributed by atoms with Crippen molar-refractivity contribution in [3.05, 3.63) is 59.1 Å². The van der Waals surface area contributed by atoms with Gasteiger partial charge >= 0.3 is 0 Å². The lowest BCUT2D eigenvalue weighted by atomic mass is 10.2. The van der Waals surface area contributed by atoms with Crippen LogP contribution in [0.2, 0.25) is 0 Å². The molecule has 0 aliphatic carbocycles. The molecule has 0 unspecified atom stereocenters. The number of nitrogens with two attached hydrogens (primary N) is 1. The lowest BCUT2D eigenvalue weighted by Crippen LogP contribution is -2.07. The van der Waals surface area contributed by atoms with E-state index in [0.717, 1.165) is 32.1 Å². The topological polar surface area (TPSA) is 98.3 Å². The van der Waals surface area contributed by atoms with Gasteiger partial charge in [0.05, 0.1) is 5.69 Å². The maximum Gasteiger partial charge on any atom is 0.274 e. The molecular weight excluding hydrogens is 394 g/mol.